The molecule has 1 N–H and O–H groups in total. The summed E-state index contributed by atoms with van der Waals surface area (Å²) in [7, 11) is 1.24. The number of hydrogen-bond acceptors (Lipinski definition) is 4. The summed E-state index contributed by atoms with van der Waals surface area (Å²) < 4.78 is 29.1. The first-order chi connectivity index (χ1) is 7.04. The van der Waals surface area contributed by atoms with E-state index in [0.717, 1.165) is 11.3 Å². The largest absolute Gasteiger partial charge is 0.465 e. The highest BCUT2D eigenvalue weighted by Crippen LogP contribution is 2.31. The molecule has 1 rings (SSSR count). The second kappa shape index (κ2) is 5.41. The van der Waals surface area contributed by atoms with Crippen LogP contribution in [0, 0.1) is 0 Å². The number of carbonyl (C=O) groups is 1. The Morgan fingerprint density at radius 2 is 2.40 bits per heavy atom. The molecule has 84 valence electrons. The van der Waals surface area contributed by atoms with Crippen LogP contribution in [-0.2, 0) is 4.74 Å². The van der Waals surface area contributed by atoms with Crippen LogP contribution in [0.4, 0.5) is 14.5 Å². The highest BCUT2D eigenvalue weighted by molar-refractivity contribution is 9.11. The number of ether oxygens (including phenoxy) is 1. The Bertz CT molecular complexity index is 356. The van der Waals surface area contributed by atoms with Crippen LogP contribution in [0.2, 0.25) is 0 Å². The lowest BCUT2D eigenvalue weighted by Crippen LogP contribution is -2.12. The van der Waals surface area contributed by atoms with Gasteiger partial charge in [0.2, 0.25) is 0 Å². The third kappa shape index (κ3) is 3.42. The molecule has 0 atom stereocenters. The van der Waals surface area contributed by atoms with Crippen LogP contribution < -0.4 is 5.32 Å². The van der Waals surface area contributed by atoms with Crippen LogP contribution in [0.1, 0.15) is 9.67 Å². The molecule has 0 aliphatic carbocycles. The van der Waals surface area contributed by atoms with Gasteiger partial charge in [0.25, 0.3) is 6.43 Å². The molecule has 0 saturated heterocycles. The lowest BCUT2D eigenvalue weighted by Gasteiger charge is -2.04. The predicted molar refractivity (Wildman–Crippen MR) is 57.9 cm³/mol. The zero-order chi connectivity index (χ0) is 11.4. The summed E-state index contributed by atoms with van der Waals surface area (Å²) in [4.78, 5) is 11.5. The Balaban J connectivity index is 2.81. The standard InChI is InChI=1S/C8H8BrF2NO2S/c1-14-8(13)7-4(2-5(9)15-7)12-3-6(10)11/h2,6,12H,3H2,1H3. The van der Waals surface area contributed by atoms with Crippen molar-refractivity contribution < 1.29 is 18.3 Å². The fourth-order valence-corrected chi connectivity index (χ4v) is 2.42. The fraction of sp³-hybridized carbons (Fsp3) is 0.375. The number of esters is 1. The highest BCUT2D eigenvalue weighted by Gasteiger charge is 2.16. The van der Waals surface area contributed by atoms with Gasteiger partial charge in [-0.25, -0.2) is 13.6 Å². The summed E-state index contributed by atoms with van der Waals surface area (Å²) in [6.07, 6.45) is -2.46. The summed E-state index contributed by atoms with van der Waals surface area (Å²) in [5.74, 6) is -0.539. The number of rotatable bonds is 4. The summed E-state index contributed by atoms with van der Waals surface area (Å²) >= 11 is 4.30. The molecule has 1 heterocycles. The van der Waals surface area contributed by atoms with E-state index in [1.807, 2.05) is 0 Å². The molecule has 0 aliphatic heterocycles. The number of halogens is 3. The zero-order valence-corrected chi connectivity index (χ0v) is 10.1. The van der Waals surface area contributed by atoms with Gasteiger partial charge in [0.05, 0.1) is 23.1 Å². The van der Waals surface area contributed by atoms with E-state index in [1.165, 1.54) is 7.11 Å². The predicted octanol–water partition coefficient (Wildman–Crippen LogP) is 2.97. The van der Waals surface area contributed by atoms with Crippen molar-refractivity contribution in [1.29, 1.82) is 0 Å². The van der Waals surface area contributed by atoms with Gasteiger partial charge in [-0.05, 0) is 22.0 Å². The van der Waals surface area contributed by atoms with E-state index in [-0.39, 0.29) is 4.88 Å². The summed E-state index contributed by atoms with van der Waals surface area (Å²) in [5, 5.41) is 2.48. The van der Waals surface area contributed by atoms with Gasteiger partial charge in [0, 0.05) is 0 Å². The van der Waals surface area contributed by atoms with Crippen molar-refractivity contribution in [2.24, 2.45) is 0 Å². The van der Waals surface area contributed by atoms with Crippen LogP contribution >= 0.6 is 27.3 Å². The molecule has 0 bridgehead atoms. The highest BCUT2D eigenvalue weighted by atomic mass is 79.9. The molecule has 0 radical (unpaired) electrons. The number of hydrogen-bond donors (Lipinski definition) is 1. The van der Waals surface area contributed by atoms with Crippen molar-refractivity contribution in [3.63, 3.8) is 0 Å². The van der Waals surface area contributed by atoms with E-state index in [9.17, 15) is 13.6 Å². The van der Waals surface area contributed by atoms with E-state index >= 15 is 0 Å². The van der Waals surface area contributed by atoms with Gasteiger partial charge in [0.15, 0.2) is 0 Å². The van der Waals surface area contributed by atoms with Crippen molar-refractivity contribution in [2.45, 2.75) is 6.43 Å². The maximum atomic E-state index is 12.0. The molecule has 0 aliphatic rings. The molecule has 0 unspecified atom stereocenters. The molecule has 3 nitrogen and oxygen atoms in total. The third-order valence-corrected chi connectivity index (χ3v) is 3.14. The third-order valence-electron chi connectivity index (χ3n) is 1.52. The second-order valence-electron chi connectivity index (χ2n) is 2.56. The molecule has 15 heavy (non-hydrogen) atoms. The van der Waals surface area contributed by atoms with E-state index in [2.05, 4.69) is 26.0 Å². The first-order valence-electron chi connectivity index (χ1n) is 3.94. The Hall–Kier alpha value is -0.690. The minimum Gasteiger partial charge on any atom is -0.465 e. The Morgan fingerprint density at radius 1 is 1.73 bits per heavy atom. The van der Waals surface area contributed by atoms with Gasteiger partial charge in [-0.2, -0.15) is 0 Å². The van der Waals surface area contributed by atoms with Gasteiger partial charge in [-0.3, -0.25) is 0 Å². The van der Waals surface area contributed by atoms with Crippen molar-refractivity contribution >= 4 is 38.9 Å². The minimum atomic E-state index is -2.46. The van der Waals surface area contributed by atoms with Crippen molar-refractivity contribution in [3.05, 3.63) is 14.7 Å². The number of nitrogens with one attached hydrogen (secondary N) is 1. The second-order valence-corrected chi connectivity index (χ2v) is 4.99. The Morgan fingerprint density at radius 3 is 2.93 bits per heavy atom. The first-order valence-corrected chi connectivity index (χ1v) is 5.55. The van der Waals surface area contributed by atoms with E-state index < -0.39 is 18.9 Å². The average Bonchev–Trinajstić information content (AvgIpc) is 2.55. The SMILES string of the molecule is COC(=O)c1sc(Br)cc1NCC(F)F. The summed E-state index contributed by atoms with van der Waals surface area (Å²) in [6.45, 7) is -0.493. The molecule has 0 fully saturated rings. The van der Waals surface area contributed by atoms with Crippen LogP contribution in [0.5, 0.6) is 0 Å². The van der Waals surface area contributed by atoms with Gasteiger partial charge in [0.1, 0.15) is 4.88 Å². The smallest absolute Gasteiger partial charge is 0.350 e. The van der Waals surface area contributed by atoms with Crippen molar-refractivity contribution in [1.82, 2.24) is 0 Å². The Kier molecular flexibility index (Phi) is 4.46. The number of carbonyl (C=O) groups excluding carboxylic acids is 1. The molecular weight excluding hydrogens is 292 g/mol. The van der Waals surface area contributed by atoms with Crippen molar-refractivity contribution in [2.75, 3.05) is 19.0 Å². The number of anilines is 1. The van der Waals surface area contributed by atoms with Crippen LogP contribution in [0.3, 0.4) is 0 Å². The summed E-state index contributed by atoms with van der Waals surface area (Å²) in [6, 6.07) is 1.57. The maximum absolute atomic E-state index is 12.0. The molecule has 0 saturated carbocycles. The van der Waals surface area contributed by atoms with E-state index in [1.54, 1.807) is 6.07 Å². The van der Waals surface area contributed by atoms with Gasteiger partial charge < -0.3 is 10.1 Å². The quantitative estimate of drug-likeness (QED) is 0.869. The number of thiophene rings is 1. The number of methoxy groups -OCH3 is 1. The van der Waals surface area contributed by atoms with Gasteiger partial charge in [-0.1, -0.05) is 0 Å². The molecule has 1 aromatic heterocycles. The zero-order valence-electron chi connectivity index (χ0n) is 7.72. The molecular formula is C8H8BrF2NO2S. The van der Waals surface area contributed by atoms with Crippen molar-refractivity contribution in [3.8, 4) is 0 Å². The van der Waals surface area contributed by atoms with Gasteiger partial charge in [-0.15, -0.1) is 11.3 Å². The lowest BCUT2D eigenvalue weighted by molar-refractivity contribution is 0.0607. The van der Waals surface area contributed by atoms with Crippen LogP contribution in [-0.4, -0.2) is 26.0 Å². The number of alkyl halides is 2. The molecule has 0 spiro atoms. The lowest BCUT2D eigenvalue weighted by atomic mass is 10.4. The molecule has 7 heteroatoms. The van der Waals surface area contributed by atoms with Crippen LogP contribution in [0.15, 0.2) is 9.85 Å². The van der Waals surface area contributed by atoms with E-state index in [0.29, 0.717) is 9.47 Å². The molecule has 0 aromatic carbocycles. The minimum absolute atomic E-state index is 0.282. The van der Waals surface area contributed by atoms with Crippen LogP contribution in [0.25, 0.3) is 0 Å². The van der Waals surface area contributed by atoms with Gasteiger partial charge >= 0.3 is 5.97 Å². The normalized spacial score (nSPS) is 10.5. The fourth-order valence-electron chi connectivity index (χ4n) is 0.924. The topological polar surface area (TPSA) is 38.3 Å². The molecule has 1 aromatic rings. The first kappa shape index (κ1) is 12.4. The van der Waals surface area contributed by atoms with E-state index in [4.69, 9.17) is 0 Å². The average molecular weight is 300 g/mol. The Labute approximate surface area is 97.6 Å². The maximum Gasteiger partial charge on any atom is 0.350 e. The summed E-state index contributed by atoms with van der Waals surface area (Å²) in [5.41, 5.74) is 0.360. The monoisotopic (exact) mass is 299 g/mol. The molecule has 0 amide bonds.